The van der Waals surface area contributed by atoms with E-state index in [1.165, 1.54) is 0 Å². The number of aryl methyl sites for hydroxylation is 1. The highest BCUT2D eigenvalue weighted by molar-refractivity contribution is 5.82. The van der Waals surface area contributed by atoms with Gasteiger partial charge in [-0.25, -0.2) is 4.98 Å². The molecule has 1 N–H and O–H groups in total. The summed E-state index contributed by atoms with van der Waals surface area (Å²) < 4.78 is 12.9. The van der Waals surface area contributed by atoms with Crippen LogP contribution in [0.25, 0.3) is 0 Å². The normalized spacial score (nSPS) is 20.1. The summed E-state index contributed by atoms with van der Waals surface area (Å²) in [6.45, 7) is 4.50. The molecule has 7 nitrogen and oxygen atoms in total. The number of hydrogen-bond acceptors (Lipinski definition) is 5. The largest absolute Gasteiger partial charge is 0.497 e. The van der Waals surface area contributed by atoms with E-state index in [9.17, 15) is 4.79 Å². The number of nitrogens with one attached hydrogen (secondary N) is 1. The second-order valence-corrected chi connectivity index (χ2v) is 8.52. The molecule has 1 aliphatic carbocycles. The third-order valence-electron chi connectivity index (χ3n) is 6.69. The lowest BCUT2D eigenvalue weighted by Crippen LogP contribution is -2.37. The molecule has 1 amide bonds. The van der Waals surface area contributed by atoms with Crippen molar-refractivity contribution in [2.45, 2.75) is 38.8 Å². The topological polar surface area (TPSA) is 68.6 Å². The van der Waals surface area contributed by atoms with Gasteiger partial charge in [-0.3, -0.25) is 9.69 Å². The van der Waals surface area contributed by atoms with Gasteiger partial charge in [-0.2, -0.15) is 0 Å². The quantitative estimate of drug-likeness (QED) is 0.642. The van der Waals surface area contributed by atoms with E-state index in [1.54, 1.807) is 20.4 Å². The summed E-state index contributed by atoms with van der Waals surface area (Å²) in [6, 6.07) is 5.95. The molecule has 2 heterocycles. The molecule has 1 unspecified atom stereocenters. The van der Waals surface area contributed by atoms with Gasteiger partial charge < -0.3 is 19.4 Å². The van der Waals surface area contributed by atoms with Crippen LogP contribution in [0.2, 0.25) is 0 Å². The van der Waals surface area contributed by atoms with Gasteiger partial charge in [0.05, 0.1) is 20.5 Å². The van der Waals surface area contributed by atoms with Crippen molar-refractivity contribution in [3.8, 4) is 11.5 Å². The van der Waals surface area contributed by atoms with Gasteiger partial charge in [0.15, 0.2) is 0 Å². The van der Waals surface area contributed by atoms with Crippen LogP contribution in [0, 0.1) is 11.3 Å². The summed E-state index contributed by atoms with van der Waals surface area (Å²) in [5.41, 5.74) is 1.37. The Morgan fingerprint density at radius 3 is 2.80 bits per heavy atom. The van der Waals surface area contributed by atoms with Crippen molar-refractivity contribution < 1.29 is 14.3 Å². The van der Waals surface area contributed by atoms with Crippen LogP contribution in [0.4, 0.5) is 0 Å². The number of imidazole rings is 1. The number of piperidine rings is 1. The molecule has 2 aliphatic rings. The predicted molar refractivity (Wildman–Crippen MR) is 114 cm³/mol. The number of methoxy groups -OCH3 is 2. The maximum absolute atomic E-state index is 12.6. The molecule has 1 spiro atoms. The third-order valence-corrected chi connectivity index (χ3v) is 6.69. The van der Waals surface area contributed by atoms with Crippen LogP contribution in [-0.2, 0) is 17.9 Å². The molecular weight excluding hydrogens is 380 g/mol. The lowest BCUT2D eigenvalue weighted by atomic mass is 9.90. The molecule has 30 heavy (non-hydrogen) atoms. The Labute approximate surface area is 178 Å². The standard InChI is InChI=1S/C23H32N4O3/c1-29-19-4-5-21(30-2)18(14-19)16-26-11-6-23(7-12-26)15-20(23)22(28)25-8-3-10-27-13-9-24-17-27/h4-5,9,13-14,17,20H,3,6-8,10-12,15-16H2,1-2H3,(H,25,28). The van der Waals surface area contributed by atoms with E-state index in [4.69, 9.17) is 9.47 Å². The first-order chi connectivity index (χ1) is 14.6. The molecule has 0 bridgehead atoms. The first-order valence-electron chi connectivity index (χ1n) is 10.8. The maximum atomic E-state index is 12.6. The summed E-state index contributed by atoms with van der Waals surface area (Å²) in [5.74, 6) is 2.18. The summed E-state index contributed by atoms with van der Waals surface area (Å²) in [4.78, 5) is 19.1. The zero-order chi connectivity index (χ0) is 21.0. The summed E-state index contributed by atoms with van der Waals surface area (Å²) in [6.07, 6.45) is 9.69. The molecule has 162 valence electrons. The summed E-state index contributed by atoms with van der Waals surface area (Å²) >= 11 is 0. The Morgan fingerprint density at radius 1 is 1.27 bits per heavy atom. The zero-order valence-corrected chi connectivity index (χ0v) is 18.0. The van der Waals surface area contributed by atoms with Gasteiger partial charge in [0, 0.05) is 43.5 Å². The molecule has 2 fully saturated rings. The van der Waals surface area contributed by atoms with E-state index in [2.05, 4.69) is 21.3 Å². The molecule has 1 atom stereocenters. The Morgan fingerprint density at radius 2 is 2.10 bits per heavy atom. The average Bonchev–Trinajstić information content (AvgIpc) is 3.21. The van der Waals surface area contributed by atoms with Crippen LogP contribution >= 0.6 is 0 Å². The second-order valence-electron chi connectivity index (χ2n) is 8.52. The first-order valence-corrected chi connectivity index (χ1v) is 10.8. The van der Waals surface area contributed by atoms with Crippen LogP contribution in [-0.4, -0.2) is 54.2 Å². The number of rotatable bonds is 9. The average molecular weight is 413 g/mol. The van der Waals surface area contributed by atoms with E-state index in [-0.39, 0.29) is 17.2 Å². The number of nitrogens with zero attached hydrogens (tertiary/aromatic N) is 3. The van der Waals surface area contributed by atoms with Crippen molar-refractivity contribution in [3.05, 3.63) is 42.5 Å². The van der Waals surface area contributed by atoms with Crippen molar-refractivity contribution in [1.82, 2.24) is 19.8 Å². The molecule has 1 saturated carbocycles. The molecule has 4 rings (SSSR count). The smallest absolute Gasteiger partial charge is 0.223 e. The number of carbonyl (C=O) groups is 1. The number of hydrogen-bond donors (Lipinski definition) is 1. The lowest BCUT2D eigenvalue weighted by molar-refractivity contribution is -0.123. The summed E-state index contributed by atoms with van der Waals surface area (Å²) in [7, 11) is 3.39. The molecule has 0 radical (unpaired) electrons. The van der Waals surface area contributed by atoms with E-state index in [1.807, 2.05) is 29.2 Å². The Kier molecular flexibility index (Phi) is 6.27. The predicted octanol–water partition coefficient (Wildman–Crippen LogP) is 2.71. The second kappa shape index (κ2) is 9.08. The van der Waals surface area contributed by atoms with Gasteiger partial charge in [0.25, 0.3) is 0 Å². The van der Waals surface area contributed by atoms with Crippen LogP contribution in [0.3, 0.4) is 0 Å². The molecule has 1 saturated heterocycles. The van der Waals surface area contributed by atoms with E-state index in [0.29, 0.717) is 0 Å². The minimum Gasteiger partial charge on any atom is -0.497 e. The van der Waals surface area contributed by atoms with E-state index < -0.39 is 0 Å². The van der Waals surface area contributed by atoms with Gasteiger partial charge in [-0.15, -0.1) is 0 Å². The van der Waals surface area contributed by atoms with Crippen LogP contribution in [0.1, 0.15) is 31.2 Å². The van der Waals surface area contributed by atoms with Crippen LogP contribution < -0.4 is 14.8 Å². The Bertz CT molecular complexity index is 844. The highest BCUT2D eigenvalue weighted by atomic mass is 16.5. The fourth-order valence-corrected chi connectivity index (χ4v) is 4.69. The van der Waals surface area contributed by atoms with Crippen molar-refractivity contribution in [3.63, 3.8) is 0 Å². The van der Waals surface area contributed by atoms with Crippen molar-refractivity contribution in [1.29, 1.82) is 0 Å². The van der Waals surface area contributed by atoms with Crippen LogP contribution in [0.5, 0.6) is 11.5 Å². The third kappa shape index (κ3) is 4.61. The van der Waals surface area contributed by atoms with Gasteiger partial charge in [0.1, 0.15) is 11.5 Å². The number of benzene rings is 1. The molecule has 1 aliphatic heterocycles. The molecule has 2 aromatic rings. The minimum atomic E-state index is 0.194. The molecular formula is C23H32N4O3. The number of ether oxygens (including phenoxy) is 2. The van der Waals surface area contributed by atoms with Gasteiger partial charge >= 0.3 is 0 Å². The van der Waals surface area contributed by atoms with Crippen molar-refractivity contribution in [2.75, 3.05) is 33.9 Å². The van der Waals surface area contributed by atoms with E-state index >= 15 is 0 Å². The fraction of sp³-hybridized carbons (Fsp3) is 0.565. The highest BCUT2D eigenvalue weighted by Gasteiger charge is 2.58. The number of aromatic nitrogens is 2. The molecule has 7 heteroatoms. The highest BCUT2D eigenvalue weighted by Crippen LogP contribution is 2.59. The number of amides is 1. The number of likely N-dealkylation sites (tertiary alicyclic amines) is 1. The fourth-order valence-electron chi connectivity index (χ4n) is 4.69. The Balaban J connectivity index is 1.22. The first kappa shape index (κ1) is 20.7. The van der Waals surface area contributed by atoms with Gasteiger partial charge in [-0.1, -0.05) is 0 Å². The zero-order valence-electron chi connectivity index (χ0n) is 18.0. The lowest BCUT2D eigenvalue weighted by Gasteiger charge is -2.33. The number of carbonyl (C=O) groups excluding carboxylic acids is 1. The SMILES string of the molecule is COc1ccc(OC)c(CN2CCC3(CC2)CC3C(=O)NCCCn2ccnc2)c1. The van der Waals surface area contributed by atoms with Gasteiger partial charge in [-0.05, 0) is 62.4 Å². The Hall–Kier alpha value is -2.54. The van der Waals surface area contributed by atoms with E-state index in [0.717, 1.165) is 75.5 Å². The minimum absolute atomic E-state index is 0.194. The maximum Gasteiger partial charge on any atom is 0.223 e. The molecule has 1 aromatic heterocycles. The summed E-state index contributed by atoms with van der Waals surface area (Å²) in [5, 5.41) is 3.14. The van der Waals surface area contributed by atoms with Gasteiger partial charge in [0.2, 0.25) is 5.91 Å². The van der Waals surface area contributed by atoms with Crippen molar-refractivity contribution >= 4 is 5.91 Å². The van der Waals surface area contributed by atoms with Crippen LogP contribution in [0.15, 0.2) is 36.9 Å². The van der Waals surface area contributed by atoms with Crippen molar-refractivity contribution in [2.24, 2.45) is 11.3 Å². The molecule has 1 aromatic carbocycles. The monoisotopic (exact) mass is 412 g/mol.